The second-order valence-electron chi connectivity index (χ2n) is 3.76. The Morgan fingerprint density at radius 1 is 1.32 bits per heavy atom. The van der Waals surface area contributed by atoms with Crippen LogP contribution in [0.15, 0.2) is 35.8 Å². The first-order chi connectivity index (χ1) is 9.31. The number of nitrogens with one attached hydrogen (secondary N) is 1. The molecule has 0 aliphatic heterocycles. The van der Waals surface area contributed by atoms with Crippen molar-refractivity contribution in [1.82, 2.24) is 15.0 Å². The molecule has 0 saturated heterocycles. The molecule has 19 heavy (non-hydrogen) atoms. The summed E-state index contributed by atoms with van der Waals surface area (Å²) >= 11 is 0. The Morgan fingerprint density at radius 2 is 2.21 bits per heavy atom. The van der Waals surface area contributed by atoms with Gasteiger partial charge in [-0.05, 0) is 18.1 Å². The van der Waals surface area contributed by atoms with Crippen LogP contribution in [0.3, 0.4) is 0 Å². The molecule has 2 heterocycles. The molecule has 0 bridgehead atoms. The molecule has 0 radical (unpaired) electrons. The fraction of sp³-hybridized carbons (Fsp3) is 0.231. The van der Waals surface area contributed by atoms with Crippen molar-refractivity contribution in [3.63, 3.8) is 0 Å². The lowest BCUT2D eigenvalue weighted by molar-refractivity contribution is 0.397. The average Bonchev–Trinajstić information content (AvgIpc) is 2.48. The second kappa shape index (κ2) is 6.44. The molecule has 0 amide bonds. The first-order valence-corrected chi connectivity index (χ1v) is 5.92. The molecule has 0 atom stereocenters. The summed E-state index contributed by atoms with van der Waals surface area (Å²) in [4.78, 5) is 12.2. The number of hydrogen-bond donors (Lipinski definition) is 1. The molecule has 6 heteroatoms. The average molecular weight is 257 g/mol. The number of pyridine rings is 1. The maximum absolute atomic E-state index is 4.99. The van der Waals surface area contributed by atoms with Crippen molar-refractivity contribution >= 4 is 12.0 Å². The first-order valence-electron chi connectivity index (χ1n) is 5.92. The lowest BCUT2D eigenvalue weighted by atomic mass is 10.2. The molecule has 0 aromatic carbocycles. The SMILES string of the molecule is CCc1ccc(/C=N/Nc2cc(OC)ncn2)nc1. The fourth-order valence-electron chi connectivity index (χ4n) is 1.40. The molecule has 98 valence electrons. The molecule has 0 fully saturated rings. The minimum Gasteiger partial charge on any atom is -0.481 e. The van der Waals surface area contributed by atoms with Gasteiger partial charge in [-0.3, -0.25) is 10.4 Å². The highest BCUT2D eigenvalue weighted by Gasteiger charge is 1.96. The summed E-state index contributed by atoms with van der Waals surface area (Å²) in [6.07, 6.45) is 5.86. The van der Waals surface area contributed by atoms with Crippen LogP contribution in [-0.2, 0) is 6.42 Å². The van der Waals surface area contributed by atoms with Crippen LogP contribution >= 0.6 is 0 Å². The molecule has 0 aliphatic rings. The van der Waals surface area contributed by atoms with Crippen LogP contribution in [0.5, 0.6) is 5.88 Å². The summed E-state index contributed by atoms with van der Waals surface area (Å²) in [6.45, 7) is 2.09. The van der Waals surface area contributed by atoms with E-state index < -0.39 is 0 Å². The topological polar surface area (TPSA) is 72.3 Å². The van der Waals surface area contributed by atoms with Gasteiger partial charge in [0.1, 0.15) is 6.33 Å². The molecule has 6 nitrogen and oxygen atoms in total. The van der Waals surface area contributed by atoms with Crippen molar-refractivity contribution in [2.45, 2.75) is 13.3 Å². The number of anilines is 1. The van der Waals surface area contributed by atoms with Crippen LogP contribution in [0.1, 0.15) is 18.2 Å². The number of methoxy groups -OCH3 is 1. The number of hydrogen-bond acceptors (Lipinski definition) is 6. The highest BCUT2D eigenvalue weighted by molar-refractivity contribution is 5.77. The third kappa shape index (κ3) is 3.74. The largest absolute Gasteiger partial charge is 0.481 e. The van der Waals surface area contributed by atoms with Crippen molar-refractivity contribution < 1.29 is 4.74 Å². The smallest absolute Gasteiger partial charge is 0.218 e. The van der Waals surface area contributed by atoms with E-state index in [4.69, 9.17) is 4.74 Å². The van der Waals surface area contributed by atoms with Crippen molar-refractivity contribution in [3.05, 3.63) is 42.0 Å². The van der Waals surface area contributed by atoms with E-state index in [1.165, 1.54) is 11.9 Å². The highest BCUT2D eigenvalue weighted by Crippen LogP contribution is 2.09. The summed E-state index contributed by atoms with van der Waals surface area (Å²) in [6, 6.07) is 5.61. The standard InChI is InChI=1S/C13H15N5O/c1-3-10-4-5-11(14-7-10)8-17-18-12-6-13(19-2)16-9-15-12/h4-9H,3H2,1-2H3,(H,15,16,18)/b17-8+. The predicted molar refractivity (Wildman–Crippen MR) is 73.4 cm³/mol. The highest BCUT2D eigenvalue weighted by atomic mass is 16.5. The van der Waals surface area contributed by atoms with Gasteiger partial charge < -0.3 is 4.74 Å². The molecular formula is C13H15N5O. The number of hydrazone groups is 1. The van der Waals surface area contributed by atoms with Crippen LogP contribution in [-0.4, -0.2) is 28.3 Å². The molecule has 0 aliphatic carbocycles. The number of aryl methyl sites for hydroxylation is 1. The zero-order valence-electron chi connectivity index (χ0n) is 10.9. The van der Waals surface area contributed by atoms with Gasteiger partial charge in [0.25, 0.3) is 0 Å². The van der Waals surface area contributed by atoms with Crippen LogP contribution in [0.4, 0.5) is 5.82 Å². The van der Waals surface area contributed by atoms with Gasteiger partial charge >= 0.3 is 0 Å². The molecule has 0 unspecified atom stereocenters. The molecule has 2 rings (SSSR count). The maximum atomic E-state index is 4.99. The van der Waals surface area contributed by atoms with E-state index in [0.29, 0.717) is 11.7 Å². The Morgan fingerprint density at radius 3 is 2.89 bits per heavy atom. The summed E-state index contributed by atoms with van der Waals surface area (Å²) in [5, 5.41) is 4.06. The van der Waals surface area contributed by atoms with Gasteiger partial charge in [0.2, 0.25) is 5.88 Å². The van der Waals surface area contributed by atoms with Gasteiger partial charge in [0.05, 0.1) is 19.0 Å². The summed E-state index contributed by atoms with van der Waals surface area (Å²) in [5.74, 6) is 1.05. The lowest BCUT2D eigenvalue weighted by Crippen LogP contribution is -1.97. The number of rotatable bonds is 5. The van der Waals surface area contributed by atoms with E-state index in [2.05, 4.69) is 32.4 Å². The molecule has 1 N–H and O–H groups in total. The van der Waals surface area contributed by atoms with Gasteiger partial charge in [-0.25, -0.2) is 9.97 Å². The van der Waals surface area contributed by atoms with Crippen molar-refractivity contribution in [2.75, 3.05) is 12.5 Å². The minimum absolute atomic E-state index is 0.484. The van der Waals surface area contributed by atoms with E-state index in [1.54, 1.807) is 19.4 Å². The Bertz CT molecular complexity index is 553. The lowest BCUT2D eigenvalue weighted by Gasteiger charge is -2.01. The second-order valence-corrected chi connectivity index (χ2v) is 3.76. The van der Waals surface area contributed by atoms with E-state index in [1.807, 2.05) is 18.3 Å². The van der Waals surface area contributed by atoms with Crippen LogP contribution < -0.4 is 10.2 Å². The first kappa shape index (κ1) is 12.9. The predicted octanol–water partition coefficient (Wildman–Crippen LogP) is 1.89. The quantitative estimate of drug-likeness (QED) is 0.654. The maximum Gasteiger partial charge on any atom is 0.218 e. The number of aromatic nitrogens is 3. The molecule has 2 aromatic rings. The van der Waals surface area contributed by atoms with Gasteiger partial charge in [0, 0.05) is 12.3 Å². The van der Waals surface area contributed by atoms with Crippen molar-refractivity contribution in [2.24, 2.45) is 5.10 Å². The summed E-state index contributed by atoms with van der Waals surface area (Å²) in [7, 11) is 1.55. The van der Waals surface area contributed by atoms with Crippen molar-refractivity contribution in [1.29, 1.82) is 0 Å². The Kier molecular flexibility index (Phi) is 4.39. The zero-order valence-corrected chi connectivity index (χ0v) is 10.9. The Labute approximate surface area is 111 Å². The van der Waals surface area contributed by atoms with Crippen LogP contribution in [0, 0.1) is 0 Å². The van der Waals surface area contributed by atoms with Crippen LogP contribution in [0.25, 0.3) is 0 Å². The monoisotopic (exact) mass is 257 g/mol. The third-order valence-electron chi connectivity index (χ3n) is 2.48. The molecule has 0 spiro atoms. The fourth-order valence-corrected chi connectivity index (χ4v) is 1.40. The van der Waals surface area contributed by atoms with E-state index in [-0.39, 0.29) is 0 Å². The van der Waals surface area contributed by atoms with E-state index >= 15 is 0 Å². The molecule has 0 saturated carbocycles. The van der Waals surface area contributed by atoms with Gasteiger partial charge in [0.15, 0.2) is 5.82 Å². The summed E-state index contributed by atoms with van der Waals surface area (Å²) < 4.78 is 4.99. The van der Waals surface area contributed by atoms with Crippen LogP contribution in [0.2, 0.25) is 0 Å². The van der Waals surface area contributed by atoms with Gasteiger partial charge in [-0.15, -0.1) is 0 Å². The normalized spacial score (nSPS) is 10.6. The Balaban J connectivity index is 1.98. The Hall–Kier alpha value is -2.50. The zero-order chi connectivity index (χ0) is 13.5. The van der Waals surface area contributed by atoms with E-state index in [9.17, 15) is 0 Å². The number of ether oxygens (including phenoxy) is 1. The molecular weight excluding hydrogens is 242 g/mol. The third-order valence-corrected chi connectivity index (χ3v) is 2.48. The summed E-state index contributed by atoms with van der Waals surface area (Å²) in [5.41, 5.74) is 4.78. The number of nitrogens with zero attached hydrogens (tertiary/aromatic N) is 4. The van der Waals surface area contributed by atoms with E-state index in [0.717, 1.165) is 12.1 Å². The van der Waals surface area contributed by atoms with Gasteiger partial charge in [-0.1, -0.05) is 13.0 Å². The minimum atomic E-state index is 0.484. The van der Waals surface area contributed by atoms with Crippen molar-refractivity contribution in [3.8, 4) is 5.88 Å². The molecule has 2 aromatic heterocycles. The van der Waals surface area contributed by atoms with Gasteiger partial charge in [-0.2, -0.15) is 5.10 Å².